The molecule has 3 heterocycles. The summed E-state index contributed by atoms with van der Waals surface area (Å²) in [5.74, 6) is 0. The third kappa shape index (κ3) is 1.22. The van der Waals surface area contributed by atoms with E-state index in [9.17, 15) is 5.11 Å². The van der Waals surface area contributed by atoms with E-state index in [1.807, 2.05) is 23.2 Å². The van der Waals surface area contributed by atoms with Crippen LogP contribution in [0.5, 0.6) is 0 Å². The molecule has 0 saturated carbocycles. The molecule has 0 aromatic carbocycles. The first kappa shape index (κ1) is 9.00. The number of hydrogen-bond acceptors (Lipinski definition) is 4. The van der Waals surface area contributed by atoms with Crippen molar-refractivity contribution < 1.29 is 5.11 Å². The second-order valence-electron chi connectivity index (χ2n) is 3.69. The molecule has 0 amide bonds. The topological polar surface area (TPSA) is 39.6 Å². The Morgan fingerprint density at radius 3 is 2.73 bits per heavy atom. The second kappa shape index (κ2) is 3.12. The predicted molar refractivity (Wildman–Crippen MR) is 55.5 cm³/mol. The number of rotatable bonds is 1. The molecule has 4 nitrogen and oxygen atoms in total. The van der Waals surface area contributed by atoms with E-state index in [2.05, 4.69) is 4.98 Å². The predicted octanol–water partition coefficient (Wildman–Crippen LogP) is 1.07. The van der Waals surface area contributed by atoms with Crippen LogP contribution in [0.25, 0.3) is 0 Å². The van der Waals surface area contributed by atoms with Crippen molar-refractivity contribution in [1.82, 2.24) is 14.8 Å². The van der Waals surface area contributed by atoms with E-state index < -0.39 is 6.23 Å². The summed E-state index contributed by atoms with van der Waals surface area (Å²) in [6.45, 7) is 0.600. The van der Waals surface area contributed by atoms with Gasteiger partial charge in [-0.25, -0.2) is 0 Å². The smallest absolute Gasteiger partial charge is 0.147 e. The molecule has 1 fully saturated rings. The molecule has 78 valence electrons. The monoisotopic (exact) mass is 223 g/mol. The number of pyridine rings is 1. The Hall–Kier alpha value is -1.26. The lowest BCUT2D eigenvalue weighted by molar-refractivity contribution is 0.0594. The van der Waals surface area contributed by atoms with Crippen molar-refractivity contribution in [3.05, 3.63) is 41.4 Å². The molecule has 1 aromatic heterocycles. The van der Waals surface area contributed by atoms with Crippen LogP contribution in [0, 0.1) is 0 Å². The van der Waals surface area contributed by atoms with Crippen LogP contribution in [0.4, 0.5) is 0 Å². The molecule has 2 atom stereocenters. The molecule has 3 rings (SSSR count). The zero-order chi connectivity index (χ0) is 10.4. The fourth-order valence-corrected chi connectivity index (χ4v) is 2.50. The fourth-order valence-electron chi connectivity index (χ4n) is 2.17. The zero-order valence-corrected chi connectivity index (χ0v) is 8.67. The largest absolute Gasteiger partial charge is 0.372 e. The van der Waals surface area contributed by atoms with Crippen LogP contribution >= 0.6 is 11.6 Å². The van der Waals surface area contributed by atoms with Crippen molar-refractivity contribution >= 4 is 11.6 Å². The molecule has 1 aromatic rings. The minimum atomic E-state index is -0.513. The van der Waals surface area contributed by atoms with Crippen molar-refractivity contribution in [2.45, 2.75) is 12.4 Å². The molecular weight excluding hydrogens is 214 g/mol. The van der Waals surface area contributed by atoms with E-state index in [1.54, 1.807) is 17.3 Å². The first-order chi connectivity index (χ1) is 7.27. The van der Waals surface area contributed by atoms with E-state index in [4.69, 9.17) is 11.6 Å². The molecule has 2 aliphatic rings. The van der Waals surface area contributed by atoms with Crippen LogP contribution < -0.4 is 0 Å². The summed E-state index contributed by atoms with van der Waals surface area (Å²) in [6, 6.07) is 3.87. The van der Waals surface area contributed by atoms with Gasteiger partial charge in [0.25, 0.3) is 0 Å². The maximum absolute atomic E-state index is 9.76. The van der Waals surface area contributed by atoms with Gasteiger partial charge in [-0.3, -0.25) is 4.98 Å². The molecule has 0 spiro atoms. The lowest BCUT2D eigenvalue weighted by Crippen LogP contribution is -2.29. The minimum Gasteiger partial charge on any atom is -0.372 e. The summed E-state index contributed by atoms with van der Waals surface area (Å²) in [7, 11) is 0. The molecule has 5 heteroatoms. The van der Waals surface area contributed by atoms with Crippen LogP contribution in [-0.4, -0.2) is 32.7 Å². The number of halogens is 1. The highest BCUT2D eigenvalue weighted by Gasteiger charge is 2.43. The summed E-state index contributed by atoms with van der Waals surface area (Å²) in [5.41, 5.74) is 1.09. The lowest BCUT2D eigenvalue weighted by Gasteiger charge is -2.24. The van der Waals surface area contributed by atoms with E-state index >= 15 is 0 Å². The first-order valence-electron chi connectivity index (χ1n) is 4.77. The standard InChI is InChI=1S/C10H10ClN3O/c11-8-5-13-6-9(15)14(8)10(13)7-1-3-12-4-2-7/h1-5,9-10,15H,6H2/t9-,10-/m1/s1. The maximum Gasteiger partial charge on any atom is 0.147 e. The molecular formula is C10H10ClN3O. The van der Waals surface area contributed by atoms with Gasteiger partial charge < -0.3 is 14.9 Å². The van der Waals surface area contributed by atoms with Gasteiger partial charge in [-0.15, -0.1) is 0 Å². The number of aromatic nitrogens is 1. The Balaban J connectivity index is 1.98. The minimum absolute atomic E-state index is 0.0236. The molecule has 15 heavy (non-hydrogen) atoms. The molecule has 1 saturated heterocycles. The molecule has 2 bridgehead atoms. The SMILES string of the molecule is O[C@@H]1CN2C=C(Cl)N1[C@@H]2c1ccncc1. The van der Waals surface area contributed by atoms with E-state index in [0.717, 1.165) is 5.56 Å². The summed E-state index contributed by atoms with van der Waals surface area (Å²) < 4.78 is 0. The number of hydrogen-bond donors (Lipinski definition) is 1. The molecule has 2 aliphatic heterocycles. The van der Waals surface area contributed by atoms with Crippen LogP contribution in [-0.2, 0) is 0 Å². The van der Waals surface area contributed by atoms with Crippen molar-refractivity contribution in [2.24, 2.45) is 0 Å². The first-order valence-corrected chi connectivity index (χ1v) is 5.14. The van der Waals surface area contributed by atoms with Gasteiger partial charge in [0.15, 0.2) is 0 Å². The summed E-state index contributed by atoms with van der Waals surface area (Å²) in [4.78, 5) is 7.81. The third-order valence-electron chi connectivity index (χ3n) is 2.80. The average Bonchev–Trinajstić information content (AvgIpc) is 2.71. The Bertz CT molecular complexity index is 408. The Labute approximate surface area is 92.4 Å². The van der Waals surface area contributed by atoms with Gasteiger partial charge >= 0.3 is 0 Å². The quantitative estimate of drug-likeness (QED) is 0.723. The van der Waals surface area contributed by atoms with Crippen molar-refractivity contribution in [1.29, 1.82) is 0 Å². The summed E-state index contributed by atoms with van der Waals surface area (Å²) in [6.07, 6.45) is 4.86. The van der Waals surface area contributed by atoms with Gasteiger partial charge in [0.2, 0.25) is 0 Å². The highest BCUT2D eigenvalue weighted by atomic mass is 35.5. The molecule has 0 radical (unpaired) electrons. The lowest BCUT2D eigenvalue weighted by atomic mass is 10.2. The zero-order valence-electron chi connectivity index (χ0n) is 7.92. The van der Waals surface area contributed by atoms with E-state index in [0.29, 0.717) is 11.7 Å². The number of fused-ring (bicyclic) bond motifs is 2. The van der Waals surface area contributed by atoms with Gasteiger partial charge in [0.1, 0.15) is 17.5 Å². The molecule has 0 unspecified atom stereocenters. The van der Waals surface area contributed by atoms with E-state index in [-0.39, 0.29) is 6.17 Å². The number of nitrogens with zero attached hydrogens (tertiary/aromatic N) is 3. The van der Waals surface area contributed by atoms with Crippen LogP contribution in [0.1, 0.15) is 11.7 Å². The van der Waals surface area contributed by atoms with Crippen molar-refractivity contribution in [3.63, 3.8) is 0 Å². The normalized spacial score (nSPS) is 28.5. The van der Waals surface area contributed by atoms with Crippen LogP contribution in [0.15, 0.2) is 35.9 Å². The van der Waals surface area contributed by atoms with Gasteiger partial charge in [-0.2, -0.15) is 0 Å². The van der Waals surface area contributed by atoms with Gasteiger partial charge in [-0.05, 0) is 17.7 Å². The molecule has 0 aliphatic carbocycles. The summed E-state index contributed by atoms with van der Waals surface area (Å²) >= 11 is 6.02. The second-order valence-corrected chi connectivity index (χ2v) is 4.08. The maximum atomic E-state index is 9.76. The number of aliphatic hydroxyl groups excluding tert-OH is 1. The average molecular weight is 224 g/mol. The fraction of sp³-hybridized carbons (Fsp3) is 0.300. The Kier molecular flexibility index (Phi) is 1.87. The third-order valence-corrected chi connectivity index (χ3v) is 3.09. The highest BCUT2D eigenvalue weighted by molar-refractivity contribution is 6.29. The number of aliphatic hydroxyl groups is 1. The van der Waals surface area contributed by atoms with Gasteiger partial charge in [0, 0.05) is 18.6 Å². The Morgan fingerprint density at radius 2 is 2.13 bits per heavy atom. The van der Waals surface area contributed by atoms with Gasteiger partial charge in [0.05, 0.1) is 6.54 Å². The summed E-state index contributed by atoms with van der Waals surface area (Å²) in [5, 5.41) is 10.4. The van der Waals surface area contributed by atoms with Crippen LogP contribution in [0.2, 0.25) is 0 Å². The Morgan fingerprint density at radius 1 is 1.40 bits per heavy atom. The van der Waals surface area contributed by atoms with Crippen LogP contribution in [0.3, 0.4) is 0 Å². The van der Waals surface area contributed by atoms with Crippen molar-refractivity contribution in [2.75, 3.05) is 6.54 Å². The molecule has 1 N–H and O–H groups in total. The van der Waals surface area contributed by atoms with Crippen molar-refractivity contribution in [3.8, 4) is 0 Å². The van der Waals surface area contributed by atoms with E-state index in [1.165, 1.54) is 0 Å². The highest BCUT2D eigenvalue weighted by Crippen LogP contribution is 2.42. The van der Waals surface area contributed by atoms with Gasteiger partial charge in [-0.1, -0.05) is 11.6 Å².